The molecule has 5 heteroatoms. The van der Waals surface area contributed by atoms with Gasteiger partial charge in [-0.1, -0.05) is 12.1 Å². The van der Waals surface area contributed by atoms with Crippen LogP contribution in [0.25, 0.3) is 0 Å². The van der Waals surface area contributed by atoms with Gasteiger partial charge in [-0.2, -0.15) is 0 Å². The average molecular weight is 201 g/mol. The van der Waals surface area contributed by atoms with E-state index in [0.717, 1.165) is 5.69 Å². The molecule has 0 aliphatic carbocycles. The van der Waals surface area contributed by atoms with Crippen molar-refractivity contribution >= 4 is 11.4 Å². The molecule has 0 amide bonds. The van der Waals surface area contributed by atoms with Gasteiger partial charge in [0.2, 0.25) is 0 Å². The van der Waals surface area contributed by atoms with Crippen molar-refractivity contribution in [1.82, 2.24) is 10.2 Å². The summed E-state index contributed by atoms with van der Waals surface area (Å²) in [6.07, 6.45) is 0. The Bertz CT molecular complexity index is 577. The molecule has 5 nitrogen and oxygen atoms in total. The predicted octanol–water partition coefficient (Wildman–Crippen LogP) is 1.62. The topological polar surface area (TPSA) is 67.0 Å². The molecule has 74 valence electrons. The molecule has 1 aliphatic heterocycles. The number of nitrogens with zero attached hydrogens (tertiary/aromatic N) is 1. The number of benzene rings is 1. The SMILES string of the molecule is O=c1cc2c(n[nH]1)Oc1ccccc1N2. The van der Waals surface area contributed by atoms with Crippen LogP contribution in [-0.4, -0.2) is 10.2 Å². The Morgan fingerprint density at radius 3 is 3.00 bits per heavy atom. The molecule has 2 aromatic rings. The van der Waals surface area contributed by atoms with Crippen LogP contribution in [-0.2, 0) is 0 Å². The normalized spacial score (nSPS) is 12.0. The predicted molar refractivity (Wildman–Crippen MR) is 54.7 cm³/mol. The minimum Gasteiger partial charge on any atom is -0.434 e. The molecule has 0 unspecified atom stereocenters. The molecule has 1 aromatic carbocycles. The summed E-state index contributed by atoms with van der Waals surface area (Å²) in [6.45, 7) is 0. The van der Waals surface area contributed by atoms with Crippen LogP contribution in [0.1, 0.15) is 0 Å². The first-order chi connectivity index (χ1) is 7.33. The number of hydrogen-bond acceptors (Lipinski definition) is 4. The number of fused-ring (bicyclic) bond motifs is 2. The van der Waals surface area contributed by atoms with Gasteiger partial charge >= 0.3 is 0 Å². The molecule has 2 heterocycles. The Labute approximate surface area is 84.7 Å². The van der Waals surface area contributed by atoms with E-state index in [-0.39, 0.29) is 5.56 Å². The molecular weight excluding hydrogens is 194 g/mol. The number of hydrogen-bond donors (Lipinski definition) is 2. The fourth-order valence-electron chi connectivity index (χ4n) is 1.47. The third kappa shape index (κ3) is 1.25. The molecule has 0 atom stereocenters. The van der Waals surface area contributed by atoms with Crippen molar-refractivity contribution in [2.24, 2.45) is 0 Å². The fourth-order valence-corrected chi connectivity index (χ4v) is 1.47. The Balaban J connectivity index is 2.15. The van der Waals surface area contributed by atoms with Crippen molar-refractivity contribution in [2.45, 2.75) is 0 Å². The van der Waals surface area contributed by atoms with Gasteiger partial charge in [-0.3, -0.25) is 4.79 Å². The summed E-state index contributed by atoms with van der Waals surface area (Å²) in [5.74, 6) is 1.08. The lowest BCUT2D eigenvalue weighted by molar-refractivity contribution is 0.453. The second-order valence-corrected chi connectivity index (χ2v) is 3.17. The standard InChI is InChI=1S/C10H7N3O2/c14-9-5-7-10(13-12-9)15-8-4-2-1-3-6(8)11-7/h1-5,11H,(H,12,14). The van der Waals surface area contributed by atoms with E-state index in [2.05, 4.69) is 15.5 Å². The highest BCUT2D eigenvalue weighted by Gasteiger charge is 2.16. The number of aromatic amines is 1. The first-order valence-corrected chi connectivity index (χ1v) is 4.46. The maximum atomic E-state index is 11.0. The molecule has 2 N–H and O–H groups in total. The lowest BCUT2D eigenvalue weighted by atomic mass is 10.2. The third-order valence-electron chi connectivity index (χ3n) is 2.14. The van der Waals surface area contributed by atoms with Crippen LogP contribution in [0, 0.1) is 0 Å². The molecule has 1 aliphatic rings. The monoisotopic (exact) mass is 201 g/mol. The summed E-state index contributed by atoms with van der Waals surface area (Å²) >= 11 is 0. The second-order valence-electron chi connectivity index (χ2n) is 3.17. The maximum Gasteiger partial charge on any atom is 0.266 e. The van der Waals surface area contributed by atoms with Gasteiger partial charge in [0.05, 0.1) is 5.69 Å². The second kappa shape index (κ2) is 2.84. The van der Waals surface area contributed by atoms with Gasteiger partial charge in [-0.25, -0.2) is 5.10 Å². The van der Waals surface area contributed by atoms with E-state index in [1.54, 1.807) is 0 Å². The molecule has 0 saturated heterocycles. The van der Waals surface area contributed by atoms with Gasteiger partial charge in [0.25, 0.3) is 11.4 Å². The molecule has 0 fully saturated rings. The number of aromatic nitrogens is 2. The van der Waals surface area contributed by atoms with Crippen molar-refractivity contribution in [3.8, 4) is 11.6 Å². The molecular formula is C10H7N3O2. The number of nitrogens with one attached hydrogen (secondary N) is 2. The molecule has 0 radical (unpaired) electrons. The van der Waals surface area contributed by atoms with E-state index < -0.39 is 0 Å². The minimum atomic E-state index is -0.260. The highest BCUT2D eigenvalue weighted by molar-refractivity contribution is 5.73. The van der Waals surface area contributed by atoms with Crippen molar-refractivity contribution in [1.29, 1.82) is 0 Å². The number of anilines is 2. The Morgan fingerprint density at radius 2 is 2.07 bits per heavy atom. The zero-order valence-corrected chi connectivity index (χ0v) is 7.65. The van der Waals surface area contributed by atoms with Gasteiger partial charge in [0.15, 0.2) is 5.75 Å². The van der Waals surface area contributed by atoms with Crippen LogP contribution < -0.4 is 15.6 Å². The fraction of sp³-hybridized carbons (Fsp3) is 0. The van der Waals surface area contributed by atoms with Crippen molar-refractivity contribution in [2.75, 3.05) is 5.32 Å². The first kappa shape index (κ1) is 8.05. The number of H-pyrrole nitrogens is 1. The van der Waals surface area contributed by atoms with Crippen LogP contribution in [0.3, 0.4) is 0 Å². The van der Waals surface area contributed by atoms with E-state index in [1.807, 2.05) is 24.3 Å². The average Bonchev–Trinajstić information content (AvgIpc) is 2.26. The van der Waals surface area contributed by atoms with E-state index in [1.165, 1.54) is 6.07 Å². The van der Waals surface area contributed by atoms with Crippen molar-refractivity contribution in [3.63, 3.8) is 0 Å². The lowest BCUT2D eigenvalue weighted by Crippen LogP contribution is -2.12. The van der Waals surface area contributed by atoms with Crippen LogP contribution in [0.4, 0.5) is 11.4 Å². The summed E-state index contributed by atoms with van der Waals surface area (Å²) in [4.78, 5) is 11.0. The van der Waals surface area contributed by atoms with Crippen molar-refractivity contribution < 1.29 is 4.74 Å². The highest BCUT2D eigenvalue weighted by atomic mass is 16.5. The van der Waals surface area contributed by atoms with Crippen molar-refractivity contribution in [3.05, 3.63) is 40.7 Å². The number of ether oxygens (including phenoxy) is 1. The molecule has 3 rings (SSSR count). The molecule has 0 bridgehead atoms. The summed E-state index contributed by atoms with van der Waals surface area (Å²) in [7, 11) is 0. The summed E-state index contributed by atoms with van der Waals surface area (Å²) < 4.78 is 5.49. The van der Waals surface area contributed by atoms with Gasteiger partial charge in [0.1, 0.15) is 5.69 Å². The van der Waals surface area contributed by atoms with E-state index in [9.17, 15) is 4.79 Å². The van der Waals surface area contributed by atoms with Gasteiger partial charge in [0, 0.05) is 6.07 Å². The maximum absolute atomic E-state index is 11.0. The van der Waals surface area contributed by atoms with Crippen LogP contribution in [0.5, 0.6) is 11.6 Å². The van der Waals surface area contributed by atoms with Crippen LogP contribution in [0.15, 0.2) is 35.1 Å². The summed E-state index contributed by atoms with van der Waals surface area (Å²) in [5.41, 5.74) is 1.15. The molecule has 15 heavy (non-hydrogen) atoms. The van der Waals surface area contributed by atoms with Gasteiger partial charge < -0.3 is 10.1 Å². The van der Waals surface area contributed by atoms with Crippen LogP contribution in [0.2, 0.25) is 0 Å². The summed E-state index contributed by atoms with van der Waals surface area (Å²) in [6, 6.07) is 8.88. The number of para-hydroxylation sites is 2. The quantitative estimate of drug-likeness (QED) is 0.580. The summed E-state index contributed by atoms with van der Waals surface area (Å²) in [5, 5.41) is 9.19. The molecule has 1 aromatic heterocycles. The first-order valence-electron chi connectivity index (χ1n) is 4.46. The zero-order chi connectivity index (χ0) is 10.3. The van der Waals surface area contributed by atoms with Crippen LogP contribution >= 0.6 is 0 Å². The van der Waals surface area contributed by atoms with Gasteiger partial charge in [-0.15, -0.1) is 5.10 Å². The van der Waals surface area contributed by atoms with E-state index >= 15 is 0 Å². The number of rotatable bonds is 0. The zero-order valence-electron chi connectivity index (χ0n) is 7.65. The minimum absolute atomic E-state index is 0.260. The Morgan fingerprint density at radius 1 is 1.20 bits per heavy atom. The largest absolute Gasteiger partial charge is 0.434 e. The lowest BCUT2D eigenvalue weighted by Gasteiger charge is -2.19. The third-order valence-corrected chi connectivity index (χ3v) is 2.14. The Kier molecular flexibility index (Phi) is 1.53. The van der Waals surface area contributed by atoms with E-state index in [0.29, 0.717) is 17.3 Å². The smallest absolute Gasteiger partial charge is 0.266 e. The molecule has 0 spiro atoms. The van der Waals surface area contributed by atoms with Gasteiger partial charge in [-0.05, 0) is 12.1 Å². The highest BCUT2D eigenvalue weighted by Crippen LogP contribution is 2.38. The molecule has 0 saturated carbocycles. The Hall–Kier alpha value is -2.30. The van der Waals surface area contributed by atoms with E-state index in [4.69, 9.17) is 4.74 Å².